The number of rotatable bonds is 4. The van der Waals surface area contributed by atoms with E-state index < -0.39 is 5.97 Å². The fourth-order valence-corrected chi connectivity index (χ4v) is 2.86. The van der Waals surface area contributed by atoms with Gasteiger partial charge in [-0.1, -0.05) is 15.9 Å². The van der Waals surface area contributed by atoms with Gasteiger partial charge in [-0.25, -0.2) is 0 Å². The van der Waals surface area contributed by atoms with Crippen LogP contribution in [0.4, 0.5) is 5.69 Å². The van der Waals surface area contributed by atoms with Crippen molar-refractivity contribution in [3.05, 3.63) is 28.2 Å². The highest BCUT2D eigenvalue weighted by Gasteiger charge is 2.22. The van der Waals surface area contributed by atoms with Crippen LogP contribution in [0, 0.1) is 0 Å². The molecule has 2 rings (SSSR count). The van der Waals surface area contributed by atoms with Gasteiger partial charge in [0.2, 0.25) is 0 Å². The summed E-state index contributed by atoms with van der Waals surface area (Å²) in [6.45, 7) is 3.13. The Morgan fingerprint density at radius 2 is 1.86 bits per heavy atom. The smallest absolute Gasteiger partial charge is 0.304 e. The van der Waals surface area contributed by atoms with Crippen LogP contribution in [0.2, 0.25) is 0 Å². The molecule has 0 bridgehead atoms. The zero-order valence-corrected chi connectivity index (χ0v) is 13.2. The van der Waals surface area contributed by atoms with Crippen LogP contribution in [-0.4, -0.2) is 59.5 Å². The summed E-state index contributed by atoms with van der Waals surface area (Å²) in [5.41, 5.74) is 6.87. The molecule has 3 N–H and O–H groups in total. The molecule has 0 aliphatic carbocycles. The number of carbonyl (C=O) groups is 2. The number of carboxylic acid groups (broad SMARTS) is 1. The van der Waals surface area contributed by atoms with Crippen molar-refractivity contribution in [3.63, 3.8) is 0 Å². The van der Waals surface area contributed by atoms with Crippen molar-refractivity contribution in [2.24, 2.45) is 0 Å². The normalized spacial score (nSPS) is 16.0. The number of piperazine rings is 1. The Bertz CT molecular complexity index is 522. The minimum Gasteiger partial charge on any atom is -0.481 e. The molecule has 0 spiro atoms. The molecule has 114 valence electrons. The standard InChI is InChI=1S/C14H18BrN3O3/c15-11-7-10(8-12(16)9-11)14(21)18-5-3-17(4-6-18)2-1-13(19)20/h7-9H,1-6,16H2,(H,19,20). The summed E-state index contributed by atoms with van der Waals surface area (Å²) in [5, 5.41) is 8.68. The number of nitrogen functional groups attached to an aromatic ring is 1. The molecule has 1 aromatic rings. The number of nitrogens with zero attached hydrogens (tertiary/aromatic N) is 2. The van der Waals surface area contributed by atoms with Gasteiger partial charge in [0.05, 0.1) is 6.42 Å². The van der Waals surface area contributed by atoms with Gasteiger partial charge in [-0.3, -0.25) is 14.5 Å². The first-order chi connectivity index (χ1) is 9.95. The fourth-order valence-electron chi connectivity index (χ4n) is 2.35. The molecule has 1 aliphatic heterocycles. The third-order valence-corrected chi connectivity index (χ3v) is 3.93. The molecule has 0 radical (unpaired) electrons. The van der Waals surface area contributed by atoms with E-state index in [1.54, 1.807) is 23.1 Å². The zero-order chi connectivity index (χ0) is 15.4. The highest BCUT2D eigenvalue weighted by Crippen LogP contribution is 2.19. The van der Waals surface area contributed by atoms with Gasteiger partial charge >= 0.3 is 5.97 Å². The molecule has 1 saturated heterocycles. The minimum atomic E-state index is -0.793. The highest BCUT2D eigenvalue weighted by molar-refractivity contribution is 9.10. The van der Waals surface area contributed by atoms with E-state index in [1.165, 1.54) is 0 Å². The molecule has 0 atom stereocenters. The molecule has 1 fully saturated rings. The highest BCUT2D eigenvalue weighted by atomic mass is 79.9. The van der Waals surface area contributed by atoms with Crippen molar-refractivity contribution < 1.29 is 14.7 Å². The van der Waals surface area contributed by atoms with Gasteiger partial charge in [0, 0.05) is 48.4 Å². The number of carbonyl (C=O) groups excluding carboxylic acids is 1. The first-order valence-corrected chi connectivity index (χ1v) is 7.54. The van der Waals surface area contributed by atoms with E-state index in [4.69, 9.17) is 10.8 Å². The van der Waals surface area contributed by atoms with Crippen molar-refractivity contribution in [2.75, 3.05) is 38.5 Å². The SMILES string of the molecule is Nc1cc(Br)cc(C(=O)N2CCN(CCC(=O)O)CC2)c1. The molecule has 1 aliphatic rings. The Balaban J connectivity index is 1.92. The third kappa shape index (κ3) is 4.44. The Hall–Kier alpha value is -1.60. The summed E-state index contributed by atoms with van der Waals surface area (Å²) >= 11 is 3.33. The van der Waals surface area contributed by atoms with Gasteiger partial charge in [-0.15, -0.1) is 0 Å². The van der Waals surface area contributed by atoms with Gasteiger partial charge in [0.15, 0.2) is 0 Å². The second-order valence-electron chi connectivity index (χ2n) is 5.05. The maximum Gasteiger partial charge on any atom is 0.304 e. The third-order valence-electron chi connectivity index (χ3n) is 3.47. The van der Waals surface area contributed by atoms with Crippen LogP contribution in [0.15, 0.2) is 22.7 Å². The first kappa shape index (κ1) is 15.8. The quantitative estimate of drug-likeness (QED) is 0.794. The molecule has 6 nitrogen and oxygen atoms in total. The Morgan fingerprint density at radius 3 is 2.43 bits per heavy atom. The topological polar surface area (TPSA) is 86.9 Å². The zero-order valence-electron chi connectivity index (χ0n) is 11.6. The number of hydrogen-bond acceptors (Lipinski definition) is 4. The lowest BCUT2D eigenvalue weighted by Crippen LogP contribution is -2.49. The predicted octanol–water partition coefficient (Wildman–Crippen LogP) is 1.26. The number of aliphatic carboxylic acids is 1. The Morgan fingerprint density at radius 1 is 1.19 bits per heavy atom. The van der Waals surface area contributed by atoms with Crippen molar-refractivity contribution >= 4 is 33.5 Å². The average molecular weight is 356 g/mol. The van der Waals surface area contributed by atoms with Gasteiger partial charge in [0.25, 0.3) is 5.91 Å². The van der Waals surface area contributed by atoms with Crippen LogP contribution in [0.25, 0.3) is 0 Å². The van der Waals surface area contributed by atoms with Gasteiger partial charge < -0.3 is 15.7 Å². The monoisotopic (exact) mass is 355 g/mol. The first-order valence-electron chi connectivity index (χ1n) is 6.75. The molecule has 0 unspecified atom stereocenters. The predicted molar refractivity (Wildman–Crippen MR) is 83.2 cm³/mol. The summed E-state index contributed by atoms with van der Waals surface area (Å²) in [6, 6.07) is 5.18. The van der Waals surface area contributed by atoms with Crippen molar-refractivity contribution in [3.8, 4) is 0 Å². The van der Waals surface area contributed by atoms with Crippen LogP contribution in [-0.2, 0) is 4.79 Å². The lowest BCUT2D eigenvalue weighted by molar-refractivity contribution is -0.137. The molecule has 1 heterocycles. The summed E-state index contributed by atoms with van der Waals surface area (Å²) in [7, 11) is 0. The second kappa shape index (κ2) is 6.91. The average Bonchev–Trinajstić information content (AvgIpc) is 2.44. The van der Waals surface area contributed by atoms with Crippen molar-refractivity contribution in [2.45, 2.75) is 6.42 Å². The number of benzene rings is 1. The van der Waals surface area contributed by atoms with E-state index in [0.717, 1.165) is 4.47 Å². The molecule has 21 heavy (non-hydrogen) atoms. The summed E-state index contributed by atoms with van der Waals surface area (Å²) in [5.74, 6) is -0.834. The van der Waals surface area contributed by atoms with Gasteiger partial charge in [0.1, 0.15) is 0 Å². The molecule has 0 saturated carbocycles. The Kier molecular flexibility index (Phi) is 5.19. The number of anilines is 1. The van der Waals surface area contributed by atoms with E-state index in [-0.39, 0.29) is 12.3 Å². The minimum absolute atomic E-state index is 0.0408. The summed E-state index contributed by atoms with van der Waals surface area (Å²) in [6.07, 6.45) is 0.135. The largest absolute Gasteiger partial charge is 0.481 e. The maximum atomic E-state index is 12.4. The van der Waals surface area contributed by atoms with Crippen LogP contribution in [0.3, 0.4) is 0 Å². The van der Waals surface area contributed by atoms with Crippen molar-refractivity contribution in [1.82, 2.24) is 9.80 Å². The maximum absolute atomic E-state index is 12.4. The van der Waals surface area contributed by atoms with Crippen LogP contribution in [0.5, 0.6) is 0 Å². The Labute approximate surface area is 131 Å². The number of halogens is 1. The molecular weight excluding hydrogens is 338 g/mol. The molecule has 1 aromatic carbocycles. The van der Waals surface area contributed by atoms with E-state index >= 15 is 0 Å². The van der Waals surface area contributed by atoms with Crippen molar-refractivity contribution in [1.29, 1.82) is 0 Å². The summed E-state index contributed by atoms with van der Waals surface area (Å²) in [4.78, 5) is 26.8. The molecule has 1 amide bonds. The number of nitrogens with two attached hydrogens (primary N) is 1. The number of hydrogen-bond donors (Lipinski definition) is 2. The van der Waals surface area contributed by atoms with E-state index in [1.807, 2.05) is 0 Å². The molecule has 0 aromatic heterocycles. The summed E-state index contributed by atoms with van der Waals surface area (Å²) < 4.78 is 0.783. The second-order valence-corrected chi connectivity index (χ2v) is 5.97. The fraction of sp³-hybridized carbons (Fsp3) is 0.429. The lowest BCUT2D eigenvalue weighted by atomic mass is 10.1. The van der Waals surface area contributed by atoms with E-state index in [0.29, 0.717) is 44.0 Å². The van der Waals surface area contributed by atoms with Crippen LogP contribution >= 0.6 is 15.9 Å². The lowest BCUT2D eigenvalue weighted by Gasteiger charge is -2.34. The molecule has 7 heteroatoms. The van der Waals surface area contributed by atoms with E-state index in [9.17, 15) is 9.59 Å². The van der Waals surface area contributed by atoms with E-state index in [2.05, 4.69) is 20.8 Å². The number of amides is 1. The van der Waals surface area contributed by atoms with Crippen LogP contribution < -0.4 is 5.73 Å². The molecular formula is C14H18BrN3O3. The van der Waals surface area contributed by atoms with Gasteiger partial charge in [-0.05, 0) is 18.2 Å². The number of carboxylic acids is 1. The van der Waals surface area contributed by atoms with Gasteiger partial charge in [-0.2, -0.15) is 0 Å². The van der Waals surface area contributed by atoms with Crippen LogP contribution in [0.1, 0.15) is 16.8 Å².